The van der Waals surface area contributed by atoms with E-state index in [1.165, 1.54) is 0 Å². The highest BCUT2D eigenvalue weighted by atomic mass is 16.3. The molecular weight excluding hydrogens is 314 g/mol. The van der Waals surface area contributed by atoms with Gasteiger partial charge in [0.1, 0.15) is 0 Å². The Morgan fingerprint density at radius 1 is 1.32 bits per heavy atom. The summed E-state index contributed by atoms with van der Waals surface area (Å²) in [6.45, 7) is 1.54. The molecule has 2 atom stereocenters. The van der Waals surface area contributed by atoms with Crippen LogP contribution in [0.15, 0.2) is 53.2 Å². The third-order valence-electron chi connectivity index (χ3n) is 4.96. The van der Waals surface area contributed by atoms with Crippen LogP contribution in [0.25, 0.3) is 11.6 Å². The van der Waals surface area contributed by atoms with Crippen LogP contribution in [0.3, 0.4) is 0 Å². The SMILES string of the molecule is CN(C)CCNC1C=C2N=C(O)C=CC23C=c2ccccc2=C3C1=O. The predicted octanol–water partition coefficient (Wildman–Crippen LogP) is 0.131. The summed E-state index contributed by atoms with van der Waals surface area (Å²) in [6, 6.07) is 7.49. The van der Waals surface area contributed by atoms with Crippen LogP contribution in [0.2, 0.25) is 0 Å². The molecule has 2 unspecified atom stereocenters. The van der Waals surface area contributed by atoms with E-state index in [0.717, 1.165) is 22.6 Å². The highest BCUT2D eigenvalue weighted by Crippen LogP contribution is 2.47. The maximum Gasteiger partial charge on any atom is 0.210 e. The van der Waals surface area contributed by atoms with Crippen molar-refractivity contribution < 1.29 is 9.90 Å². The topological polar surface area (TPSA) is 64.9 Å². The quantitative estimate of drug-likeness (QED) is 0.821. The van der Waals surface area contributed by atoms with Crippen molar-refractivity contribution in [1.82, 2.24) is 10.2 Å². The number of benzene rings is 1. The fourth-order valence-electron chi connectivity index (χ4n) is 3.76. The fourth-order valence-corrected chi connectivity index (χ4v) is 3.76. The number of aliphatic hydroxyl groups excluding tert-OH is 1. The predicted molar refractivity (Wildman–Crippen MR) is 98.6 cm³/mol. The summed E-state index contributed by atoms with van der Waals surface area (Å²) in [4.78, 5) is 19.7. The highest BCUT2D eigenvalue weighted by Gasteiger charge is 2.47. The Kier molecular flexibility index (Phi) is 3.71. The van der Waals surface area contributed by atoms with E-state index in [1.54, 1.807) is 6.08 Å². The molecule has 1 aromatic carbocycles. The van der Waals surface area contributed by atoms with Gasteiger partial charge in [-0.25, -0.2) is 4.99 Å². The van der Waals surface area contributed by atoms with E-state index in [2.05, 4.69) is 21.3 Å². The first kappa shape index (κ1) is 16.0. The van der Waals surface area contributed by atoms with Gasteiger partial charge < -0.3 is 15.3 Å². The number of likely N-dealkylation sites (N-methyl/N-ethyl adjacent to an activating group) is 1. The number of allylic oxidation sites excluding steroid dienone is 1. The van der Waals surface area contributed by atoms with E-state index in [9.17, 15) is 9.90 Å². The Hall–Kier alpha value is -2.50. The van der Waals surface area contributed by atoms with Crippen molar-refractivity contribution in [1.29, 1.82) is 0 Å². The number of aliphatic hydroxyl groups is 1. The molecule has 2 aliphatic carbocycles. The molecule has 0 aromatic heterocycles. The summed E-state index contributed by atoms with van der Waals surface area (Å²) in [5.41, 5.74) is 0.795. The number of aliphatic imine (C=N–C) groups is 1. The molecule has 0 saturated carbocycles. The van der Waals surface area contributed by atoms with Crippen LogP contribution >= 0.6 is 0 Å². The van der Waals surface area contributed by atoms with Crippen molar-refractivity contribution in [3.8, 4) is 0 Å². The number of hydrogen-bond acceptors (Lipinski definition) is 4. The average molecular weight is 335 g/mol. The van der Waals surface area contributed by atoms with Crippen molar-refractivity contribution in [2.24, 2.45) is 10.4 Å². The summed E-state index contributed by atoms with van der Waals surface area (Å²) in [5, 5.41) is 15.2. The van der Waals surface area contributed by atoms with Gasteiger partial charge in [-0.15, -0.1) is 0 Å². The minimum Gasteiger partial charge on any atom is -0.493 e. The van der Waals surface area contributed by atoms with Crippen LogP contribution < -0.4 is 15.8 Å². The molecule has 0 radical (unpaired) electrons. The van der Waals surface area contributed by atoms with Crippen LogP contribution in [0.5, 0.6) is 0 Å². The lowest BCUT2D eigenvalue weighted by molar-refractivity contribution is -0.115. The lowest BCUT2D eigenvalue weighted by Crippen LogP contribution is -2.46. The van der Waals surface area contributed by atoms with Crippen molar-refractivity contribution in [2.75, 3.05) is 27.2 Å². The molecule has 1 spiro atoms. The molecule has 1 heterocycles. The van der Waals surface area contributed by atoms with Gasteiger partial charge in [0.2, 0.25) is 5.90 Å². The smallest absolute Gasteiger partial charge is 0.210 e. The van der Waals surface area contributed by atoms with Crippen LogP contribution in [0.4, 0.5) is 0 Å². The minimum absolute atomic E-state index is 0.0260. The first-order valence-corrected chi connectivity index (χ1v) is 8.45. The lowest BCUT2D eigenvalue weighted by atomic mass is 9.70. The Labute approximate surface area is 146 Å². The summed E-state index contributed by atoms with van der Waals surface area (Å²) in [6.07, 6.45) is 7.38. The third kappa shape index (κ3) is 2.47. The van der Waals surface area contributed by atoms with Gasteiger partial charge in [-0.2, -0.15) is 0 Å². The second-order valence-corrected chi connectivity index (χ2v) is 6.93. The molecule has 25 heavy (non-hydrogen) atoms. The van der Waals surface area contributed by atoms with Gasteiger partial charge in [0.25, 0.3) is 0 Å². The first-order valence-electron chi connectivity index (χ1n) is 8.45. The highest BCUT2D eigenvalue weighted by molar-refractivity contribution is 6.25. The van der Waals surface area contributed by atoms with Crippen LogP contribution in [0, 0.1) is 5.41 Å². The zero-order valence-electron chi connectivity index (χ0n) is 14.4. The summed E-state index contributed by atoms with van der Waals surface area (Å²) < 4.78 is 0. The number of carbonyl (C=O) groups is 1. The van der Waals surface area contributed by atoms with Crippen LogP contribution in [0.1, 0.15) is 0 Å². The lowest BCUT2D eigenvalue weighted by Gasteiger charge is -2.36. The molecule has 0 fully saturated rings. The molecule has 3 aliphatic rings. The summed E-state index contributed by atoms with van der Waals surface area (Å²) in [7, 11) is 4.00. The van der Waals surface area contributed by atoms with Crippen LogP contribution in [-0.4, -0.2) is 54.9 Å². The Morgan fingerprint density at radius 2 is 2.12 bits per heavy atom. The number of ketones is 1. The van der Waals surface area contributed by atoms with Crippen molar-refractivity contribution in [3.05, 3.63) is 58.6 Å². The Bertz CT molecular complexity index is 955. The van der Waals surface area contributed by atoms with E-state index in [-0.39, 0.29) is 11.7 Å². The van der Waals surface area contributed by atoms with E-state index in [1.807, 2.05) is 50.5 Å². The standard InChI is InChI=1S/C20H21N3O2/c1-23(2)10-9-21-15-11-16-20(8-7-17(24)22-16)12-13-5-3-4-6-14(13)18(20)19(15)25/h3-8,11-12,15,21H,9-10H2,1-2H3,(H,22,24). The summed E-state index contributed by atoms with van der Waals surface area (Å²) >= 11 is 0. The molecular formula is C20H21N3O2. The number of rotatable bonds is 4. The molecule has 5 heteroatoms. The maximum absolute atomic E-state index is 13.3. The van der Waals surface area contributed by atoms with Gasteiger partial charge >= 0.3 is 0 Å². The number of hydrogen-bond donors (Lipinski definition) is 2. The van der Waals surface area contributed by atoms with Gasteiger partial charge in [-0.05, 0) is 36.7 Å². The number of nitrogens with zero attached hydrogens (tertiary/aromatic N) is 2. The first-order chi connectivity index (χ1) is 12.0. The molecule has 1 aromatic rings. The van der Waals surface area contributed by atoms with Crippen molar-refractivity contribution in [2.45, 2.75) is 6.04 Å². The number of Topliss-reactive ketones (excluding diaryl/α,β-unsaturated/α-hetero) is 1. The van der Waals surface area contributed by atoms with Crippen molar-refractivity contribution >= 4 is 23.3 Å². The Morgan fingerprint density at radius 3 is 2.92 bits per heavy atom. The summed E-state index contributed by atoms with van der Waals surface area (Å²) in [5.74, 6) is 0.0481. The zero-order valence-corrected chi connectivity index (χ0v) is 14.4. The van der Waals surface area contributed by atoms with E-state index < -0.39 is 11.5 Å². The molecule has 128 valence electrons. The monoisotopic (exact) mass is 335 g/mol. The van der Waals surface area contributed by atoms with E-state index in [4.69, 9.17) is 0 Å². The molecule has 0 bridgehead atoms. The van der Waals surface area contributed by atoms with E-state index >= 15 is 0 Å². The maximum atomic E-state index is 13.3. The fraction of sp³-hybridized carbons (Fsp3) is 0.300. The van der Waals surface area contributed by atoms with Gasteiger partial charge in [-0.1, -0.05) is 36.4 Å². The van der Waals surface area contributed by atoms with Crippen LogP contribution in [-0.2, 0) is 4.79 Å². The number of dihydropyridines is 1. The number of nitrogens with one attached hydrogen (secondary N) is 1. The number of fused-ring (bicyclic) bond motifs is 1. The molecule has 1 aliphatic heterocycles. The van der Waals surface area contributed by atoms with E-state index in [0.29, 0.717) is 12.2 Å². The zero-order chi connectivity index (χ0) is 17.6. The second kappa shape index (κ2) is 5.79. The normalized spacial score (nSPS) is 26.6. The van der Waals surface area contributed by atoms with Gasteiger partial charge in [0, 0.05) is 18.7 Å². The molecule has 0 saturated heterocycles. The molecule has 0 amide bonds. The number of carbonyl (C=O) groups excluding carboxylic acids is 1. The second-order valence-electron chi connectivity index (χ2n) is 6.93. The van der Waals surface area contributed by atoms with Gasteiger partial charge in [0.05, 0.1) is 17.2 Å². The molecule has 2 N–H and O–H groups in total. The third-order valence-corrected chi connectivity index (χ3v) is 4.96. The van der Waals surface area contributed by atoms with Crippen molar-refractivity contribution in [3.63, 3.8) is 0 Å². The Balaban J connectivity index is 1.84. The largest absolute Gasteiger partial charge is 0.493 e. The average Bonchev–Trinajstić information content (AvgIpc) is 2.91. The van der Waals surface area contributed by atoms with Gasteiger partial charge in [-0.3, -0.25) is 4.79 Å². The van der Waals surface area contributed by atoms with Gasteiger partial charge in [0.15, 0.2) is 5.78 Å². The molecule has 5 nitrogen and oxygen atoms in total. The minimum atomic E-state index is -0.660. The molecule has 4 rings (SSSR count).